The third-order valence-electron chi connectivity index (χ3n) is 1.26. The number of ether oxygens (including phenoxy) is 1. The summed E-state index contributed by atoms with van der Waals surface area (Å²) >= 11 is 0. The highest BCUT2D eigenvalue weighted by Gasteiger charge is 2.14. The van der Waals surface area contributed by atoms with E-state index in [0.717, 1.165) is 0 Å². The summed E-state index contributed by atoms with van der Waals surface area (Å²) < 4.78 is 9.92. The zero-order valence-corrected chi connectivity index (χ0v) is 7.39. The van der Waals surface area contributed by atoms with Crippen molar-refractivity contribution in [3.63, 3.8) is 0 Å². The molecule has 6 nitrogen and oxygen atoms in total. The van der Waals surface area contributed by atoms with Crippen molar-refractivity contribution in [2.45, 2.75) is 26.6 Å². The molecule has 0 bridgehead atoms. The van der Waals surface area contributed by atoms with Gasteiger partial charge in [-0.3, -0.25) is 0 Å². The first-order chi connectivity index (χ1) is 6.09. The van der Waals surface area contributed by atoms with Gasteiger partial charge in [-0.2, -0.15) is 0 Å². The highest BCUT2D eigenvalue weighted by atomic mass is 16.7. The first-order valence-electron chi connectivity index (χ1n) is 3.80. The second kappa shape index (κ2) is 3.99. The normalized spacial score (nSPS) is 10.7. The van der Waals surface area contributed by atoms with Crippen LogP contribution in [0.1, 0.15) is 19.6 Å². The Hall–Kier alpha value is -1.43. The molecule has 1 heterocycles. The predicted octanol–water partition coefficient (Wildman–Crippen LogP) is 1.51. The summed E-state index contributed by atoms with van der Waals surface area (Å²) in [4.78, 5) is 12.9. The average molecular weight is 186 g/mol. The summed E-state index contributed by atoms with van der Waals surface area (Å²) in [6, 6.07) is -0.498. The molecular formula is C7H10N2O4. The Kier molecular flexibility index (Phi) is 2.97. The Morgan fingerprint density at radius 1 is 1.77 bits per heavy atom. The molecule has 1 aromatic heterocycles. The van der Waals surface area contributed by atoms with Crippen LogP contribution in [0.5, 0.6) is 0 Å². The van der Waals surface area contributed by atoms with Crippen LogP contribution in [0, 0.1) is 10.1 Å². The zero-order chi connectivity index (χ0) is 9.84. The van der Waals surface area contributed by atoms with Gasteiger partial charge in [0.05, 0.1) is 6.10 Å². The summed E-state index contributed by atoms with van der Waals surface area (Å²) in [6.07, 6.45) is 1.35. The number of oxazole rings is 1. The molecule has 6 heteroatoms. The standard InChI is InChI=1S/C7H10N2O4/c1-5(2)12-4-6-3-8-7(13-6)9(10)11/h3,5H,4H2,1-2H3. The van der Waals surface area contributed by atoms with Gasteiger partial charge in [-0.05, 0) is 18.8 Å². The average Bonchev–Trinajstić information content (AvgIpc) is 2.48. The molecule has 0 amide bonds. The van der Waals surface area contributed by atoms with Crippen molar-refractivity contribution in [3.8, 4) is 0 Å². The second-order valence-electron chi connectivity index (χ2n) is 2.73. The van der Waals surface area contributed by atoms with Crippen LogP contribution in [0.15, 0.2) is 10.6 Å². The lowest BCUT2D eigenvalue weighted by atomic mass is 10.5. The molecule has 0 radical (unpaired) electrons. The molecule has 0 aromatic carbocycles. The summed E-state index contributed by atoms with van der Waals surface area (Å²) in [5.41, 5.74) is 0. The highest BCUT2D eigenvalue weighted by molar-refractivity contribution is 5.01. The van der Waals surface area contributed by atoms with Gasteiger partial charge in [0.15, 0.2) is 12.0 Å². The molecule has 0 aliphatic rings. The van der Waals surface area contributed by atoms with Gasteiger partial charge in [-0.25, -0.2) is 0 Å². The van der Waals surface area contributed by atoms with E-state index in [-0.39, 0.29) is 12.7 Å². The minimum Gasteiger partial charge on any atom is -0.384 e. The Bertz CT molecular complexity index is 294. The van der Waals surface area contributed by atoms with Gasteiger partial charge in [0.25, 0.3) is 0 Å². The van der Waals surface area contributed by atoms with Gasteiger partial charge >= 0.3 is 6.01 Å². The van der Waals surface area contributed by atoms with E-state index in [1.165, 1.54) is 6.20 Å². The molecule has 0 spiro atoms. The van der Waals surface area contributed by atoms with Gasteiger partial charge in [0, 0.05) is 4.92 Å². The first-order valence-corrected chi connectivity index (χ1v) is 3.80. The van der Waals surface area contributed by atoms with E-state index < -0.39 is 10.9 Å². The monoisotopic (exact) mass is 186 g/mol. The van der Waals surface area contributed by atoms with Crippen LogP contribution >= 0.6 is 0 Å². The molecule has 0 aliphatic heterocycles. The van der Waals surface area contributed by atoms with Crippen molar-refractivity contribution in [1.29, 1.82) is 0 Å². The fourth-order valence-corrected chi connectivity index (χ4v) is 0.697. The van der Waals surface area contributed by atoms with Gasteiger partial charge in [-0.15, -0.1) is 0 Å². The van der Waals surface area contributed by atoms with E-state index in [0.29, 0.717) is 5.76 Å². The van der Waals surface area contributed by atoms with Crippen molar-refractivity contribution in [1.82, 2.24) is 4.98 Å². The molecule has 0 saturated carbocycles. The zero-order valence-electron chi connectivity index (χ0n) is 7.39. The smallest absolute Gasteiger partial charge is 0.384 e. The maximum atomic E-state index is 10.2. The number of nitro groups is 1. The number of aromatic nitrogens is 1. The molecule has 0 atom stereocenters. The third kappa shape index (κ3) is 2.83. The molecule has 0 unspecified atom stereocenters. The van der Waals surface area contributed by atoms with Gasteiger partial charge in [0.1, 0.15) is 6.61 Å². The number of nitrogens with zero attached hydrogens (tertiary/aromatic N) is 2. The fourth-order valence-electron chi connectivity index (χ4n) is 0.697. The molecule has 72 valence electrons. The van der Waals surface area contributed by atoms with Crippen molar-refractivity contribution in [3.05, 3.63) is 22.1 Å². The molecule has 1 rings (SSSR count). The van der Waals surface area contributed by atoms with Crippen LogP contribution < -0.4 is 0 Å². The van der Waals surface area contributed by atoms with Crippen LogP contribution in [0.3, 0.4) is 0 Å². The van der Waals surface area contributed by atoms with Gasteiger partial charge in [0.2, 0.25) is 0 Å². The summed E-state index contributed by atoms with van der Waals surface area (Å²) in [7, 11) is 0. The van der Waals surface area contributed by atoms with E-state index in [9.17, 15) is 10.1 Å². The van der Waals surface area contributed by atoms with Crippen molar-refractivity contribution in [2.75, 3.05) is 0 Å². The Morgan fingerprint density at radius 3 is 2.92 bits per heavy atom. The topological polar surface area (TPSA) is 78.4 Å². The Morgan fingerprint density at radius 2 is 2.46 bits per heavy atom. The van der Waals surface area contributed by atoms with Crippen molar-refractivity contribution >= 4 is 6.01 Å². The number of rotatable bonds is 4. The third-order valence-corrected chi connectivity index (χ3v) is 1.26. The van der Waals surface area contributed by atoms with E-state index in [1.54, 1.807) is 0 Å². The quantitative estimate of drug-likeness (QED) is 0.526. The van der Waals surface area contributed by atoms with Gasteiger partial charge < -0.3 is 19.3 Å². The van der Waals surface area contributed by atoms with Crippen LogP contribution in [0.2, 0.25) is 0 Å². The van der Waals surface area contributed by atoms with Crippen LogP contribution in [0.4, 0.5) is 6.01 Å². The lowest BCUT2D eigenvalue weighted by molar-refractivity contribution is -0.407. The first kappa shape index (κ1) is 9.66. The van der Waals surface area contributed by atoms with E-state index in [1.807, 2.05) is 13.8 Å². The fraction of sp³-hybridized carbons (Fsp3) is 0.571. The predicted molar refractivity (Wildman–Crippen MR) is 43.1 cm³/mol. The van der Waals surface area contributed by atoms with E-state index in [2.05, 4.69) is 4.98 Å². The number of hydrogen-bond acceptors (Lipinski definition) is 5. The second-order valence-corrected chi connectivity index (χ2v) is 2.73. The maximum Gasteiger partial charge on any atom is 0.545 e. The molecule has 1 aromatic rings. The Balaban J connectivity index is 2.54. The van der Waals surface area contributed by atoms with Crippen LogP contribution in [-0.2, 0) is 11.3 Å². The summed E-state index contributed by atoms with van der Waals surface area (Å²) in [6.45, 7) is 3.94. The number of hydrogen-bond donors (Lipinski definition) is 0. The highest BCUT2D eigenvalue weighted by Crippen LogP contribution is 2.12. The Labute approximate surface area is 74.7 Å². The van der Waals surface area contributed by atoms with Crippen LogP contribution in [-0.4, -0.2) is 16.0 Å². The van der Waals surface area contributed by atoms with Gasteiger partial charge in [-0.1, -0.05) is 0 Å². The molecule has 0 saturated heterocycles. The lowest BCUT2D eigenvalue weighted by Gasteiger charge is -2.02. The van der Waals surface area contributed by atoms with Crippen LogP contribution in [0.25, 0.3) is 0 Å². The molecule has 0 aliphatic carbocycles. The molecular weight excluding hydrogens is 176 g/mol. The minimum absolute atomic E-state index is 0.0594. The molecule has 0 N–H and O–H groups in total. The van der Waals surface area contributed by atoms with E-state index in [4.69, 9.17) is 9.15 Å². The van der Waals surface area contributed by atoms with Crippen molar-refractivity contribution in [2.24, 2.45) is 0 Å². The molecule has 13 heavy (non-hydrogen) atoms. The largest absolute Gasteiger partial charge is 0.545 e. The SMILES string of the molecule is CC(C)OCc1cnc([N+](=O)[O-])o1. The minimum atomic E-state index is -0.682. The van der Waals surface area contributed by atoms with Crippen molar-refractivity contribution < 1.29 is 14.1 Å². The summed E-state index contributed by atoms with van der Waals surface area (Å²) in [5, 5.41) is 10.2. The lowest BCUT2D eigenvalue weighted by Crippen LogP contribution is -2.01. The maximum absolute atomic E-state index is 10.2. The summed E-state index contributed by atoms with van der Waals surface area (Å²) in [5.74, 6) is 0.361. The van der Waals surface area contributed by atoms with E-state index >= 15 is 0 Å². The molecule has 0 fully saturated rings.